The van der Waals surface area contributed by atoms with Crippen molar-refractivity contribution in [2.45, 2.75) is 25.8 Å². The molecular weight excluding hydrogens is 344 g/mol. The fourth-order valence-corrected chi connectivity index (χ4v) is 3.58. The zero-order chi connectivity index (χ0) is 18.8. The third kappa shape index (κ3) is 3.45. The number of hydrogen-bond donors (Lipinski definition) is 1. The Bertz CT molecular complexity index is 1040. The van der Waals surface area contributed by atoms with E-state index in [2.05, 4.69) is 9.97 Å². The number of likely N-dealkylation sites (tertiary alicyclic amines) is 1. The van der Waals surface area contributed by atoms with Crippen LogP contribution in [0.2, 0.25) is 0 Å². The first-order chi connectivity index (χ1) is 13.2. The highest BCUT2D eigenvalue weighted by Gasteiger charge is 2.19. The van der Waals surface area contributed by atoms with Crippen molar-refractivity contribution in [2.24, 2.45) is 0 Å². The van der Waals surface area contributed by atoms with Crippen molar-refractivity contribution in [3.63, 3.8) is 0 Å². The maximum absolute atomic E-state index is 12.6. The molecule has 140 valence electrons. The number of aromatic amines is 1. The highest BCUT2D eigenvalue weighted by Crippen LogP contribution is 2.22. The van der Waals surface area contributed by atoms with Crippen molar-refractivity contribution in [1.29, 1.82) is 0 Å². The molecule has 1 fully saturated rings. The predicted octanol–water partition coefficient (Wildman–Crippen LogP) is 2.41. The van der Waals surface area contributed by atoms with Gasteiger partial charge in [-0.05, 0) is 36.4 Å². The Balaban J connectivity index is 1.57. The lowest BCUT2D eigenvalue weighted by Gasteiger charge is -2.16. The Labute approximate surface area is 156 Å². The van der Waals surface area contributed by atoms with Crippen molar-refractivity contribution >= 4 is 16.8 Å². The maximum atomic E-state index is 12.6. The number of rotatable bonds is 6. The van der Waals surface area contributed by atoms with Gasteiger partial charge in [-0.15, -0.1) is 0 Å². The van der Waals surface area contributed by atoms with Crippen LogP contribution in [-0.2, 0) is 11.3 Å². The average Bonchev–Trinajstić information content (AvgIpc) is 3.30. The lowest BCUT2D eigenvalue weighted by atomic mass is 10.1. The number of H-pyrrole nitrogens is 1. The number of imidazole rings is 1. The molecular formula is C20H22N4O3. The number of aryl methyl sites for hydroxylation is 1. The number of fused-ring (bicyclic) bond motifs is 1. The molecule has 0 aliphatic carbocycles. The molecule has 0 unspecified atom stereocenters. The second kappa shape index (κ2) is 7.26. The number of hydrogen-bond acceptors (Lipinski definition) is 4. The first-order valence-electron chi connectivity index (χ1n) is 9.16. The first-order valence-corrected chi connectivity index (χ1v) is 9.16. The molecule has 1 aromatic carbocycles. The number of ether oxygens (including phenoxy) is 1. The molecule has 0 radical (unpaired) electrons. The van der Waals surface area contributed by atoms with Gasteiger partial charge in [0.05, 0.1) is 18.2 Å². The topological polar surface area (TPSA) is 80.2 Å². The smallest absolute Gasteiger partial charge is 0.259 e. The molecule has 27 heavy (non-hydrogen) atoms. The summed E-state index contributed by atoms with van der Waals surface area (Å²) in [5.74, 6) is 1.58. The van der Waals surface area contributed by atoms with Gasteiger partial charge in [0.2, 0.25) is 5.91 Å². The molecule has 7 heteroatoms. The summed E-state index contributed by atoms with van der Waals surface area (Å²) in [4.78, 5) is 33.5. The summed E-state index contributed by atoms with van der Waals surface area (Å²) in [6.07, 6.45) is 6.02. The molecule has 3 heterocycles. The normalized spacial score (nSPS) is 14.3. The monoisotopic (exact) mass is 366 g/mol. The Morgan fingerprint density at radius 1 is 1.22 bits per heavy atom. The molecule has 1 N–H and O–H groups in total. The largest absolute Gasteiger partial charge is 0.497 e. The Morgan fingerprint density at radius 3 is 2.89 bits per heavy atom. The summed E-state index contributed by atoms with van der Waals surface area (Å²) in [5, 5.41) is 0.919. The fourth-order valence-electron chi connectivity index (χ4n) is 3.58. The van der Waals surface area contributed by atoms with Crippen molar-refractivity contribution in [3.05, 3.63) is 47.0 Å². The summed E-state index contributed by atoms with van der Waals surface area (Å²) >= 11 is 0. The molecule has 0 saturated carbocycles. The predicted molar refractivity (Wildman–Crippen MR) is 103 cm³/mol. The number of nitrogens with one attached hydrogen (secondary N) is 1. The highest BCUT2D eigenvalue weighted by molar-refractivity contribution is 5.83. The maximum Gasteiger partial charge on any atom is 0.259 e. The molecule has 4 rings (SSSR count). The van der Waals surface area contributed by atoms with Crippen LogP contribution in [0.25, 0.3) is 22.3 Å². The van der Waals surface area contributed by atoms with Crippen molar-refractivity contribution < 1.29 is 9.53 Å². The average molecular weight is 366 g/mol. The number of carbonyl (C=O) groups excluding carboxylic acids is 1. The van der Waals surface area contributed by atoms with Gasteiger partial charge in [0, 0.05) is 44.5 Å². The van der Waals surface area contributed by atoms with Crippen LogP contribution in [0.1, 0.15) is 19.3 Å². The summed E-state index contributed by atoms with van der Waals surface area (Å²) in [7, 11) is 1.60. The van der Waals surface area contributed by atoms with Gasteiger partial charge in [0.25, 0.3) is 5.56 Å². The standard InChI is InChI=1S/C20H22N4O3/c1-27-15-6-5-14-12-16(20(26)22-17(14)13-15)19-21-7-11-24(19)10-3-9-23-8-2-4-18(23)25/h5-7,11-13H,2-4,8-10H2,1H3,(H,22,26). The molecule has 0 bridgehead atoms. The minimum Gasteiger partial charge on any atom is -0.497 e. The third-order valence-electron chi connectivity index (χ3n) is 5.01. The van der Waals surface area contributed by atoms with Crippen molar-refractivity contribution in [2.75, 3.05) is 20.2 Å². The lowest BCUT2D eigenvalue weighted by molar-refractivity contribution is -0.127. The lowest BCUT2D eigenvalue weighted by Crippen LogP contribution is -2.26. The number of carbonyl (C=O) groups is 1. The van der Waals surface area contributed by atoms with Gasteiger partial charge in [-0.1, -0.05) is 0 Å². The Morgan fingerprint density at radius 2 is 2.11 bits per heavy atom. The molecule has 1 aliphatic heterocycles. The van der Waals surface area contributed by atoms with E-state index in [1.807, 2.05) is 33.9 Å². The number of aromatic nitrogens is 3. The van der Waals surface area contributed by atoms with E-state index in [4.69, 9.17) is 4.74 Å². The van der Waals surface area contributed by atoms with Gasteiger partial charge in [-0.2, -0.15) is 0 Å². The summed E-state index contributed by atoms with van der Waals surface area (Å²) in [5.41, 5.74) is 1.08. The van der Waals surface area contributed by atoms with Crippen LogP contribution in [0.4, 0.5) is 0 Å². The van der Waals surface area contributed by atoms with Crippen LogP contribution in [0.15, 0.2) is 41.5 Å². The molecule has 2 aromatic heterocycles. The zero-order valence-electron chi connectivity index (χ0n) is 15.3. The molecule has 1 amide bonds. The van der Waals surface area contributed by atoms with E-state index in [-0.39, 0.29) is 11.5 Å². The highest BCUT2D eigenvalue weighted by atomic mass is 16.5. The fraction of sp³-hybridized carbons (Fsp3) is 0.350. The number of pyridine rings is 1. The van der Waals surface area contributed by atoms with Crippen LogP contribution in [0.3, 0.4) is 0 Å². The summed E-state index contributed by atoms with van der Waals surface area (Å²) in [6.45, 7) is 2.30. The van der Waals surface area contributed by atoms with Crippen molar-refractivity contribution in [1.82, 2.24) is 19.4 Å². The van der Waals surface area contributed by atoms with Gasteiger partial charge in [0.15, 0.2) is 0 Å². The van der Waals surface area contributed by atoms with Gasteiger partial charge in [0.1, 0.15) is 11.6 Å². The number of benzene rings is 1. The van der Waals surface area contributed by atoms with Gasteiger partial charge < -0.3 is 19.2 Å². The van der Waals surface area contributed by atoms with E-state index < -0.39 is 0 Å². The first kappa shape index (κ1) is 17.3. The number of nitrogens with zero attached hydrogens (tertiary/aromatic N) is 3. The molecule has 3 aromatic rings. The van der Waals surface area contributed by atoms with Gasteiger partial charge in [-0.3, -0.25) is 9.59 Å². The van der Waals surface area contributed by atoms with Crippen LogP contribution in [0, 0.1) is 0 Å². The van der Waals surface area contributed by atoms with E-state index >= 15 is 0 Å². The van der Waals surface area contributed by atoms with E-state index in [1.165, 1.54) is 0 Å². The zero-order valence-corrected chi connectivity index (χ0v) is 15.3. The minimum atomic E-state index is -0.182. The molecule has 0 spiro atoms. The molecule has 1 aliphatic rings. The van der Waals surface area contributed by atoms with Crippen LogP contribution in [-0.4, -0.2) is 45.5 Å². The third-order valence-corrected chi connectivity index (χ3v) is 5.01. The van der Waals surface area contributed by atoms with Crippen LogP contribution < -0.4 is 10.3 Å². The van der Waals surface area contributed by atoms with Crippen LogP contribution >= 0.6 is 0 Å². The molecule has 1 saturated heterocycles. The van der Waals surface area contributed by atoms with E-state index in [9.17, 15) is 9.59 Å². The van der Waals surface area contributed by atoms with Gasteiger partial charge >= 0.3 is 0 Å². The summed E-state index contributed by atoms with van der Waals surface area (Å²) < 4.78 is 7.18. The number of amides is 1. The second-order valence-electron chi connectivity index (χ2n) is 6.75. The molecule has 7 nitrogen and oxygen atoms in total. The summed E-state index contributed by atoms with van der Waals surface area (Å²) in [6, 6.07) is 7.44. The van der Waals surface area contributed by atoms with Crippen molar-refractivity contribution in [3.8, 4) is 17.1 Å². The van der Waals surface area contributed by atoms with E-state index in [0.29, 0.717) is 30.1 Å². The van der Waals surface area contributed by atoms with E-state index in [1.54, 1.807) is 19.4 Å². The second-order valence-corrected chi connectivity index (χ2v) is 6.75. The Hall–Kier alpha value is -3.09. The van der Waals surface area contributed by atoms with E-state index in [0.717, 1.165) is 36.8 Å². The quantitative estimate of drug-likeness (QED) is 0.726. The Kier molecular flexibility index (Phi) is 4.66. The van der Waals surface area contributed by atoms with Gasteiger partial charge in [-0.25, -0.2) is 4.98 Å². The SMILES string of the molecule is COc1ccc2cc(-c3nccn3CCCN3CCCC3=O)c(=O)[nH]c2c1. The minimum absolute atomic E-state index is 0.182. The van der Waals surface area contributed by atoms with Crippen LogP contribution in [0.5, 0.6) is 5.75 Å². The number of methoxy groups -OCH3 is 1. The molecule has 0 atom stereocenters.